The number of hydrogen-bond donors (Lipinski definition) is 3. The van der Waals surface area contributed by atoms with Crippen LogP contribution in [0.25, 0.3) is 0 Å². The maximum atomic E-state index is 12.4. The fourth-order valence-corrected chi connectivity index (χ4v) is 4.32. The Bertz CT molecular complexity index is 600. The summed E-state index contributed by atoms with van der Waals surface area (Å²) in [5.41, 5.74) is 2.05. The lowest BCUT2D eigenvalue weighted by Gasteiger charge is -2.28. The topological polar surface area (TPSA) is 78.4 Å². The molecule has 0 radical (unpaired) electrons. The van der Waals surface area contributed by atoms with E-state index in [1.807, 2.05) is 6.07 Å². The minimum absolute atomic E-state index is 0.290. The molecule has 110 valence electrons. The second-order valence-electron chi connectivity index (χ2n) is 5.58. The average molecular weight is 296 g/mol. The van der Waals surface area contributed by atoms with Gasteiger partial charge in [-0.1, -0.05) is 12.8 Å². The highest BCUT2D eigenvalue weighted by atomic mass is 32.2. The van der Waals surface area contributed by atoms with E-state index in [0.29, 0.717) is 12.8 Å². The summed E-state index contributed by atoms with van der Waals surface area (Å²) in [6, 6.07) is 4.80. The molecule has 3 rings (SSSR count). The van der Waals surface area contributed by atoms with Crippen molar-refractivity contribution in [2.45, 2.75) is 49.1 Å². The van der Waals surface area contributed by atoms with Gasteiger partial charge >= 0.3 is 0 Å². The monoisotopic (exact) mass is 296 g/mol. The first-order valence-corrected chi connectivity index (χ1v) is 8.62. The first-order valence-electron chi connectivity index (χ1n) is 7.13. The molecule has 0 amide bonds. The number of sulfonamides is 1. The summed E-state index contributed by atoms with van der Waals surface area (Å²) in [4.78, 5) is 0.290. The van der Waals surface area contributed by atoms with Gasteiger partial charge in [-0.25, -0.2) is 13.1 Å². The van der Waals surface area contributed by atoms with Crippen molar-refractivity contribution in [1.29, 1.82) is 0 Å². The van der Waals surface area contributed by atoms with Crippen molar-refractivity contribution >= 4 is 15.7 Å². The van der Waals surface area contributed by atoms with Crippen LogP contribution in [0.4, 0.5) is 5.69 Å². The molecule has 0 aromatic heterocycles. The van der Waals surface area contributed by atoms with E-state index in [2.05, 4.69) is 10.0 Å². The second kappa shape index (κ2) is 5.35. The molecule has 1 saturated carbocycles. The van der Waals surface area contributed by atoms with Crippen LogP contribution in [0.3, 0.4) is 0 Å². The third-order valence-corrected chi connectivity index (χ3v) is 5.62. The number of fused-ring (bicyclic) bond motifs is 1. The fourth-order valence-electron chi connectivity index (χ4n) is 2.96. The molecule has 0 spiro atoms. The molecule has 20 heavy (non-hydrogen) atoms. The van der Waals surface area contributed by atoms with Crippen LogP contribution in [0, 0.1) is 0 Å². The van der Waals surface area contributed by atoms with Crippen molar-refractivity contribution in [3.05, 3.63) is 23.8 Å². The number of anilines is 1. The van der Waals surface area contributed by atoms with Gasteiger partial charge in [-0.05, 0) is 43.0 Å². The number of benzene rings is 1. The molecule has 0 saturated heterocycles. The van der Waals surface area contributed by atoms with Crippen LogP contribution in [0.2, 0.25) is 0 Å². The number of aliphatic hydroxyl groups excluding tert-OH is 1. The number of aliphatic hydroxyl groups is 1. The van der Waals surface area contributed by atoms with Crippen LogP contribution in [-0.2, 0) is 16.4 Å². The molecule has 1 aliphatic carbocycles. The Morgan fingerprint density at radius 3 is 2.85 bits per heavy atom. The predicted octanol–water partition coefficient (Wildman–Crippen LogP) is 1.24. The first-order chi connectivity index (χ1) is 9.56. The molecule has 0 bridgehead atoms. The Balaban J connectivity index is 1.81. The molecule has 2 atom stereocenters. The zero-order valence-corrected chi connectivity index (χ0v) is 12.1. The van der Waals surface area contributed by atoms with E-state index in [0.717, 1.165) is 37.1 Å². The van der Waals surface area contributed by atoms with Crippen molar-refractivity contribution in [3.8, 4) is 0 Å². The van der Waals surface area contributed by atoms with Crippen molar-refractivity contribution in [3.63, 3.8) is 0 Å². The third-order valence-electron chi connectivity index (χ3n) is 4.13. The smallest absolute Gasteiger partial charge is 0.240 e. The van der Waals surface area contributed by atoms with Gasteiger partial charge in [0.2, 0.25) is 10.0 Å². The highest BCUT2D eigenvalue weighted by Gasteiger charge is 2.28. The predicted molar refractivity (Wildman–Crippen MR) is 77.2 cm³/mol. The highest BCUT2D eigenvalue weighted by molar-refractivity contribution is 7.89. The molecule has 1 aromatic rings. The lowest BCUT2D eigenvalue weighted by molar-refractivity contribution is 0.101. The lowest BCUT2D eigenvalue weighted by Crippen LogP contribution is -2.44. The quantitative estimate of drug-likeness (QED) is 0.784. The van der Waals surface area contributed by atoms with Gasteiger partial charge in [-0.15, -0.1) is 0 Å². The molecule has 6 heteroatoms. The van der Waals surface area contributed by atoms with Crippen molar-refractivity contribution in [1.82, 2.24) is 4.72 Å². The summed E-state index contributed by atoms with van der Waals surface area (Å²) in [5.74, 6) is 0. The molecule has 3 N–H and O–H groups in total. The van der Waals surface area contributed by atoms with E-state index < -0.39 is 16.1 Å². The van der Waals surface area contributed by atoms with Gasteiger partial charge in [0.05, 0.1) is 11.0 Å². The zero-order valence-electron chi connectivity index (χ0n) is 11.3. The minimum atomic E-state index is -3.55. The summed E-state index contributed by atoms with van der Waals surface area (Å²) >= 11 is 0. The van der Waals surface area contributed by atoms with Gasteiger partial charge < -0.3 is 10.4 Å². The molecule has 1 fully saturated rings. The van der Waals surface area contributed by atoms with Crippen LogP contribution in [0.1, 0.15) is 31.2 Å². The maximum absolute atomic E-state index is 12.4. The Kier molecular flexibility index (Phi) is 3.70. The Morgan fingerprint density at radius 2 is 2.05 bits per heavy atom. The number of hydrogen-bond acceptors (Lipinski definition) is 4. The van der Waals surface area contributed by atoms with Gasteiger partial charge in [0.15, 0.2) is 0 Å². The molecular formula is C14H20N2O3S. The minimum Gasteiger partial charge on any atom is -0.391 e. The second-order valence-corrected chi connectivity index (χ2v) is 7.29. The molecule has 1 aromatic carbocycles. The molecular weight excluding hydrogens is 276 g/mol. The van der Waals surface area contributed by atoms with Gasteiger partial charge in [0.1, 0.15) is 0 Å². The Labute approximate surface area is 119 Å². The van der Waals surface area contributed by atoms with E-state index >= 15 is 0 Å². The first kappa shape index (κ1) is 13.9. The van der Waals surface area contributed by atoms with E-state index in [1.165, 1.54) is 0 Å². The standard InChI is InChI=1S/C14H20N2O3S/c17-14-4-2-1-3-13(14)16-20(18,19)11-5-6-12-10(9-11)7-8-15-12/h5-6,9,13-17H,1-4,7-8H2. The van der Waals surface area contributed by atoms with Crippen molar-refractivity contribution in [2.24, 2.45) is 0 Å². The van der Waals surface area contributed by atoms with Gasteiger partial charge in [0, 0.05) is 18.3 Å². The molecule has 1 aliphatic heterocycles. The van der Waals surface area contributed by atoms with E-state index in [1.54, 1.807) is 12.1 Å². The van der Waals surface area contributed by atoms with E-state index in [4.69, 9.17) is 0 Å². The molecule has 2 aliphatic rings. The summed E-state index contributed by atoms with van der Waals surface area (Å²) in [6.07, 6.45) is 3.57. The summed E-state index contributed by atoms with van der Waals surface area (Å²) in [6.45, 7) is 0.855. The SMILES string of the molecule is O=S(=O)(NC1CCCCC1O)c1ccc2c(c1)CCN2. The number of rotatable bonds is 3. The summed E-state index contributed by atoms with van der Waals surface area (Å²) < 4.78 is 27.5. The van der Waals surface area contributed by atoms with E-state index in [-0.39, 0.29) is 10.9 Å². The third kappa shape index (κ3) is 2.68. The number of nitrogens with one attached hydrogen (secondary N) is 2. The van der Waals surface area contributed by atoms with Gasteiger partial charge in [0.25, 0.3) is 0 Å². The molecule has 2 unspecified atom stereocenters. The molecule has 1 heterocycles. The van der Waals surface area contributed by atoms with Crippen molar-refractivity contribution < 1.29 is 13.5 Å². The van der Waals surface area contributed by atoms with Crippen LogP contribution in [-0.4, -0.2) is 32.2 Å². The van der Waals surface area contributed by atoms with Gasteiger partial charge in [-0.2, -0.15) is 0 Å². The van der Waals surface area contributed by atoms with Crippen LogP contribution < -0.4 is 10.0 Å². The summed E-state index contributed by atoms with van der Waals surface area (Å²) in [5, 5.41) is 13.1. The fraction of sp³-hybridized carbons (Fsp3) is 0.571. The van der Waals surface area contributed by atoms with Crippen LogP contribution >= 0.6 is 0 Å². The highest BCUT2D eigenvalue weighted by Crippen LogP contribution is 2.26. The lowest BCUT2D eigenvalue weighted by atomic mass is 9.93. The normalized spacial score (nSPS) is 26.1. The van der Waals surface area contributed by atoms with Gasteiger partial charge in [-0.3, -0.25) is 0 Å². The Morgan fingerprint density at radius 1 is 1.25 bits per heavy atom. The Hall–Kier alpha value is -1.11. The van der Waals surface area contributed by atoms with Crippen LogP contribution in [0.15, 0.2) is 23.1 Å². The van der Waals surface area contributed by atoms with Crippen molar-refractivity contribution in [2.75, 3.05) is 11.9 Å². The summed E-state index contributed by atoms with van der Waals surface area (Å²) in [7, 11) is -3.55. The average Bonchev–Trinajstić information content (AvgIpc) is 2.88. The zero-order chi connectivity index (χ0) is 14.2. The van der Waals surface area contributed by atoms with E-state index in [9.17, 15) is 13.5 Å². The maximum Gasteiger partial charge on any atom is 0.240 e. The largest absolute Gasteiger partial charge is 0.391 e. The molecule has 5 nitrogen and oxygen atoms in total. The van der Waals surface area contributed by atoms with Crippen LogP contribution in [0.5, 0.6) is 0 Å².